The first-order valence-corrected chi connectivity index (χ1v) is 8.68. The minimum Gasteiger partial charge on any atom is -0.381 e. The second-order valence-electron chi connectivity index (χ2n) is 6.57. The highest BCUT2D eigenvalue weighted by Gasteiger charge is 2.24. The SMILES string of the molecule is c1ncc(CN(CC2CCOCC2)C2CCCNCC2)cn1. The maximum atomic E-state index is 5.52. The molecule has 0 bridgehead atoms. The summed E-state index contributed by atoms with van der Waals surface area (Å²) in [6.07, 6.45) is 11.8. The van der Waals surface area contributed by atoms with Gasteiger partial charge >= 0.3 is 0 Å². The van der Waals surface area contributed by atoms with Gasteiger partial charge in [0.1, 0.15) is 6.33 Å². The molecule has 1 unspecified atom stereocenters. The van der Waals surface area contributed by atoms with Crippen LogP contribution in [0.5, 0.6) is 0 Å². The largest absolute Gasteiger partial charge is 0.381 e. The summed E-state index contributed by atoms with van der Waals surface area (Å²) in [5, 5.41) is 3.53. The Bertz CT molecular complexity index is 414. The van der Waals surface area contributed by atoms with E-state index in [0.717, 1.165) is 38.8 Å². The molecule has 5 heteroatoms. The lowest BCUT2D eigenvalue weighted by Crippen LogP contribution is -2.40. The fourth-order valence-electron chi connectivity index (χ4n) is 3.62. The van der Waals surface area contributed by atoms with Gasteiger partial charge in [-0.15, -0.1) is 0 Å². The molecular formula is C17H28N4O. The van der Waals surface area contributed by atoms with Crippen LogP contribution >= 0.6 is 0 Å². The number of nitrogens with one attached hydrogen (secondary N) is 1. The Balaban J connectivity index is 1.65. The lowest BCUT2D eigenvalue weighted by Gasteiger charge is -2.35. The third kappa shape index (κ3) is 4.73. The number of rotatable bonds is 5. The van der Waals surface area contributed by atoms with E-state index in [1.165, 1.54) is 44.2 Å². The Morgan fingerprint density at radius 2 is 1.91 bits per heavy atom. The predicted molar refractivity (Wildman–Crippen MR) is 86.5 cm³/mol. The zero-order chi connectivity index (χ0) is 15.0. The maximum Gasteiger partial charge on any atom is 0.115 e. The van der Waals surface area contributed by atoms with Crippen molar-refractivity contribution in [2.45, 2.75) is 44.7 Å². The van der Waals surface area contributed by atoms with E-state index in [1.54, 1.807) is 6.33 Å². The number of hydrogen-bond donors (Lipinski definition) is 1. The van der Waals surface area contributed by atoms with Crippen LogP contribution in [0.3, 0.4) is 0 Å². The van der Waals surface area contributed by atoms with Crippen molar-refractivity contribution in [3.63, 3.8) is 0 Å². The fraction of sp³-hybridized carbons (Fsp3) is 0.765. The van der Waals surface area contributed by atoms with Gasteiger partial charge in [0.25, 0.3) is 0 Å². The van der Waals surface area contributed by atoms with E-state index in [9.17, 15) is 0 Å². The van der Waals surface area contributed by atoms with Crippen LogP contribution in [0.1, 0.15) is 37.7 Å². The summed E-state index contributed by atoms with van der Waals surface area (Å²) in [6, 6.07) is 0.679. The molecule has 2 fully saturated rings. The van der Waals surface area contributed by atoms with Gasteiger partial charge in [-0.05, 0) is 51.1 Å². The Morgan fingerprint density at radius 1 is 1.09 bits per heavy atom. The van der Waals surface area contributed by atoms with Gasteiger partial charge in [0.2, 0.25) is 0 Å². The molecule has 122 valence electrons. The van der Waals surface area contributed by atoms with Gasteiger partial charge in [-0.1, -0.05) is 0 Å². The molecule has 0 aliphatic carbocycles. The molecule has 0 aromatic carbocycles. The van der Waals surface area contributed by atoms with E-state index in [1.807, 2.05) is 12.4 Å². The van der Waals surface area contributed by atoms with Crippen molar-refractivity contribution >= 4 is 0 Å². The molecule has 3 heterocycles. The van der Waals surface area contributed by atoms with E-state index >= 15 is 0 Å². The van der Waals surface area contributed by atoms with Crippen molar-refractivity contribution in [1.82, 2.24) is 20.2 Å². The highest BCUT2D eigenvalue weighted by atomic mass is 16.5. The average molecular weight is 304 g/mol. The van der Waals surface area contributed by atoms with Crippen molar-refractivity contribution in [1.29, 1.82) is 0 Å². The Labute approximate surface area is 133 Å². The van der Waals surface area contributed by atoms with Crippen molar-refractivity contribution in [2.75, 3.05) is 32.8 Å². The number of aromatic nitrogens is 2. The summed E-state index contributed by atoms with van der Waals surface area (Å²) in [7, 11) is 0. The number of nitrogens with zero attached hydrogens (tertiary/aromatic N) is 3. The second-order valence-corrected chi connectivity index (χ2v) is 6.57. The lowest BCUT2D eigenvalue weighted by molar-refractivity contribution is 0.0417. The third-order valence-electron chi connectivity index (χ3n) is 4.89. The Kier molecular flexibility index (Phi) is 6.16. The van der Waals surface area contributed by atoms with Crippen LogP contribution in [0.4, 0.5) is 0 Å². The molecule has 0 radical (unpaired) electrons. The molecule has 3 rings (SSSR count). The average Bonchev–Trinajstić information content (AvgIpc) is 2.85. The maximum absolute atomic E-state index is 5.52. The quantitative estimate of drug-likeness (QED) is 0.899. The van der Waals surface area contributed by atoms with Crippen LogP contribution in [-0.4, -0.2) is 53.8 Å². The molecule has 0 amide bonds. The van der Waals surface area contributed by atoms with Crippen LogP contribution in [0, 0.1) is 5.92 Å². The lowest BCUT2D eigenvalue weighted by atomic mass is 9.97. The van der Waals surface area contributed by atoms with E-state index in [2.05, 4.69) is 20.2 Å². The molecule has 1 aromatic heterocycles. The van der Waals surface area contributed by atoms with Crippen molar-refractivity contribution in [2.24, 2.45) is 5.92 Å². The molecule has 0 saturated carbocycles. The summed E-state index contributed by atoms with van der Waals surface area (Å²) < 4.78 is 5.52. The monoisotopic (exact) mass is 304 g/mol. The smallest absolute Gasteiger partial charge is 0.115 e. The van der Waals surface area contributed by atoms with E-state index in [0.29, 0.717) is 6.04 Å². The fourth-order valence-corrected chi connectivity index (χ4v) is 3.62. The first-order valence-electron chi connectivity index (χ1n) is 8.68. The number of ether oxygens (including phenoxy) is 1. The minimum absolute atomic E-state index is 0.679. The van der Waals surface area contributed by atoms with Crippen LogP contribution in [0.2, 0.25) is 0 Å². The van der Waals surface area contributed by atoms with Crippen LogP contribution in [-0.2, 0) is 11.3 Å². The molecule has 1 atom stereocenters. The molecule has 2 aliphatic rings. The highest BCUT2D eigenvalue weighted by molar-refractivity contribution is 5.02. The normalized spacial score (nSPS) is 24.3. The molecule has 22 heavy (non-hydrogen) atoms. The molecule has 2 saturated heterocycles. The predicted octanol–water partition coefficient (Wildman–Crippen LogP) is 1.85. The van der Waals surface area contributed by atoms with Crippen LogP contribution in [0.25, 0.3) is 0 Å². The topological polar surface area (TPSA) is 50.3 Å². The zero-order valence-electron chi connectivity index (χ0n) is 13.4. The van der Waals surface area contributed by atoms with Gasteiger partial charge in [-0.2, -0.15) is 0 Å². The van der Waals surface area contributed by atoms with Crippen molar-refractivity contribution in [3.05, 3.63) is 24.3 Å². The second kappa shape index (κ2) is 8.56. The minimum atomic E-state index is 0.679. The van der Waals surface area contributed by atoms with Crippen molar-refractivity contribution in [3.8, 4) is 0 Å². The van der Waals surface area contributed by atoms with E-state index in [4.69, 9.17) is 4.74 Å². The Morgan fingerprint density at radius 3 is 2.73 bits per heavy atom. The summed E-state index contributed by atoms with van der Waals surface area (Å²) in [4.78, 5) is 11.0. The Hall–Kier alpha value is -1.04. The molecule has 5 nitrogen and oxygen atoms in total. The summed E-state index contributed by atoms with van der Waals surface area (Å²) in [6.45, 7) is 6.32. The van der Waals surface area contributed by atoms with Gasteiger partial charge in [0.15, 0.2) is 0 Å². The standard InChI is InChI=1S/C17H28N4O/c1-2-17(3-7-18-6-1)21(12-15-4-8-22-9-5-15)13-16-10-19-14-20-11-16/h10-11,14-15,17-18H,1-9,12-13H2. The van der Waals surface area contributed by atoms with Gasteiger partial charge in [-0.25, -0.2) is 9.97 Å². The van der Waals surface area contributed by atoms with Crippen LogP contribution < -0.4 is 5.32 Å². The van der Waals surface area contributed by atoms with Gasteiger partial charge in [0.05, 0.1) is 0 Å². The van der Waals surface area contributed by atoms with Gasteiger partial charge < -0.3 is 10.1 Å². The molecule has 1 N–H and O–H groups in total. The van der Waals surface area contributed by atoms with E-state index in [-0.39, 0.29) is 0 Å². The summed E-state index contributed by atoms with van der Waals surface area (Å²) >= 11 is 0. The summed E-state index contributed by atoms with van der Waals surface area (Å²) in [5.74, 6) is 0.773. The molecule has 2 aliphatic heterocycles. The van der Waals surface area contributed by atoms with Crippen molar-refractivity contribution < 1.29 is 4.74 Å². The number of hydrogen-bond acceptors (Lipinski definition) is 5. The molecular weight excluding hydrogens is 276 g/mol. The zero-order valence-corrected chi connectivity index (χ0v) is 13.4. The molecule has 1 aromatic rings. The first kappa shape index (κ1) is 15.8. The molecule has 0 spiro atoms. The van der Waals surface area contributed by atoms with Gasteiger partial charge in [0, 0.05) is 50.3 Å². The van der Waals surface area contributed by atoms with E-state index < -0.39 is 0 Å². The third-order valence-corrected chi connectivity index (χ3v) is 4.89. The first-order chi connectivity index (χ1) is 10.9. The summed E-state index contributed by atoms with van der Waals surface area (Å²) in [5.41, 5.74) is 1.23. The van der Waals surface area contributed by atoms with Gasteiger partial charge in [-0.3, -0.25) is 4.90 Å². The highest BCUT2D eigenvalue weighted by Crippen LogP contribution is 2.22. The van der Waals surface area contributed by atoms with Crippen LogP contribution in [0.15, 0.2) is 18.7 Å².